The Morgan fingerprint density at radius 2 is 2.35 bits per heavy atom. The molecule has 1 aliphatic rings. The maximum atomic E-state index is 10.5. The van der Waals surface area contributed by atoms with E-state index in [2.05, 4.69) is 4.90 Å². The van der Waals surface area contributed by atoms with Gasteiger partial charge in [0.15, 0.2) is 0 Å². The number of carboxylic acid groups (broad SMARTS) is 1. The van der Waals surface area contributed by atoms with Gasteiger partial charge in [0.25, 0.3) is 0 Å². The lowest BCUT2D eigenvalue weighted by Gasteiger charge is -2.32. The average molecular weight is 236 g/mol. The third kappa shape index (κ3) is 2.61. The SMILES string of the molecule is Nc1cccc2c1N(CCCC(=O)O)CCO2. The molecule has 0 amide bonds. The Bertz CT molecular complexity index is 420. The standard InChI is InChI=1S/C12H16N2O3/c13-9-3-1-4-10-12(9)14(7-8-17-10)6-2-5-11(15)16/h1,3-4H,2,5-8,13H2,(H,15,16). The summed E-state index contributed by atoms with van der Waals surface area (Å²) in [6.07, 6.45) is 0.794. The van der Waals surface area contributed by atoms with Crippen molar-refractivity contribution in [2.75, 3.05) is 30.3 Å². The maximum Gasteiger partial charge on any atom is 0.303 e. The molecule has 5 nitrogen and oxygen atoms in total. The molecule has 0 radical (unpaired) electrons. The fourth-order valence-corrected chi connectivity index (χ4v) is 2.02. The second kappa shape index (κ2) is 4.95. The number of hydrogen-bond donors (Lipinski definition) is 2. The Labute approximate surface area is 99.8 Å². The number of nitrogen functional groups attached to an aromatic ring is 1. The molecular formula is C12H16N2O3. The van der Waals surface area contributed by atoms with Crippen molar-refractivity contribution in [1.82, 2.24) is 0 Å². The molecule has 0 aromatic heterocycles. The van der Waals surface area contributed by atoms with Crippen molar-refractivity contribution in [2.45, 2.75) is 12.8 Å². The minimum Gasteiger partial charge on any atom is -0.489 e. The minimum absolute atomic E-state index is 0.180. The second-order valence-corrected chi connectivity index (χ2v) is 4.03. The first-order chi connectivity index (χ1) is 8.18. The zero-order chi connectivity index (χ0) is 12.3. The van der Waals surface area contributed by atoms with Crippen molar-refractivity contribution >= 4 is 17.3 Å². The van der Waals surface area contributed by atoms with Gasteiger partial charge in [-0.05, 0) is 18.6 Å². The van der Waals surface area contributed by atoms with Crippen molar-refractivity contribution in [3.05, 3.63) is 18.2 Å². The molecule has 0 saturated heterocycles. The van der Waals surface area contributed by atoms with Crippen molar-refractivity contribution in [3.8, 4) is 5.75 Å². The van der Waals surface area contributed by atoms with E-state index in [-0.39, 0.29) is 6.42 Å². The summed E-state index contributed by atoms with van der Waals surface area (Å²) in [7, 11) is 0. The van der Waals surface area contributed by atoms with Crippen molar-refractivity contribution in [2.24, 2.45) is 0 Å². The van der Waals surface area contributed by atoms with Crippen LogP contribution < -0.4 is 15.4 Å². The van der Waals surface area contributed by atoms with Crippen LogP contribution in [-0.4, -0.2) is 30.8 Å². The summed E-state index contributed by atoms with van der Waals surface area (Å²) >= 11 is 0. The maximum absolute atomic E-state index is 10.5. The van der Waals surface area contributed by atoms with Gasteiger partial charge in [-0.2, -0.15) is 0 Å². The molecule has 1 heterocycles. The third-order valence-electron chi connectivity index (χ3n) is 2.78. The molecule has 17 heavy (non-hydrogen) atoms. The molecule has 1 aliphatic heterocycles. The van der Waals surface area contributed by atoms with Gasteiger partial charge >= 0.3 is 5.97 Å². The first kappa shape index (κ1) is 11.6. The summed E-state index contributed by atoms with van der Waals surface area (Å²) in [5.74, 6) is 0.0195. The highest BCUT2D eigenvalue weighted by Gasteiger charge is 2.20. The number of nitrogens with zero attached hydrogens (tertiary/aromatic N) is 1. The monoisotopic (exact) mass is 236 g/mol. The van der Waals surface area contributed by atoms with E-state index in [0.29, 0.717) is 25.3 Å². The van der Waals surface area contributed by atoms with Gasteiger partial charge in [-0.25, -0.2) is 0 Å². The highest BCUT2D eigenvalue weighted by atomic mass is 16.5. The number of carboxylic acids is 1. The molecule has 0 bridgehead atoms. The Hall–Kier alpha value is -1.91. The number of ether oxygens (including phenoxy) is 1. The Kier molecular flexibility index (Phi) is 3.37. The van der Waals surface area contributed by atoms with Gasteiger partial charge in [-0.3, -0.25) is 4.79 Å². The molecule has 3 N–H and O–H groups in total. The van der Waals surface area contributed by atoms with Crippen LogP contribution in [0.15, 0.2) is 18.2 Å². The van der Waals surface area contributed by atoms with E-state index in [1.165, 1.54) is 0 Å². The number of carbonyl (C=O) groups is 1. The van der Waals surface area contributed by atoms with Crippen molar-refractivity contribution in [1.29, 1.82) is 0 Å². The topological polar surface area (TPSA) is 75.8 Å². The number of hydrogen-bond acceptors (Lipinski definition) is 4. The number of nitrogens with two attached hydrogens (primary N) is 1. The van der Waals surface area contributed by atoms with E-state index in [1.807, 2.05) is 18.2 Å². The van der Waals surface area contributed by atoms with E-state index in [1.54, 1.807) is 0 Å². The van der Waals surface area contributed by atoms with E-state index in [9.17, 15) is 4.79 Å². The zero-order valence-corrected chi connectivity index (χ0v) is 9.56. The first-order valence-corrected chi connectivity index (χ1v) is 5.66. The smallest absolute Gasteiger partial charge is 0.303 e. The summed E-state index contributed by atoms with van der Waals surface area (Å²) in [6.45, 7) is 2.06. The molecule has 2 rings (SSSR count). The van der Waals surface area contributed by atoms with E-state index in [4.69, 9.17) is 15.6 Å². The largest absolute Gasteiger partial charge is 0.489 e. The van der Waals surface area contributed by atoms with Gasteiger partial charge in [0.1, 0.15) is 18.0 Å². The quantitative estimate of drug-likeness (QED) is 0.771. The summed E-state index contributed by atoms with van der Waals surface area (Å²) in [4.78, 5) is 12.6. The molecule has 1 aromatic rings. The molecular weight excluding hydrogens is 220 g/mol. The molecule has 0 spiro atoms. The van der Waals surface area contributed by atoms with Gasteiger partial charge in [-0.15, -0.1) is 0 Å². The number of para-hydroxylation sites is 1. The van der Waals surface area contributed by atoms with Crippen LogP contribution in [0.25, 0.3) is 0 Å². The first-order valence-electron chi connectivity index (χ1n) is 5.66. The molecule has 92 valence electrons. The zero-order valence-electron chi connectivity index (χ0n) is 9.56. The number of anilines is 2. The molecule has 0 fully saturated rings. The molecule has 0 atom stereocenters. The Morgan fingerprint density at radius 1 is 1.53 bits per heavy atom. The van der Waals surface area contributed by atoms with Crippen LogP contribution in [0.4, 0.5) is 11.4 Å². The minimum atomic E-state index is -0.764. The lowest BCUT2D eigenvalue weighted by atomic mass is 10.2. The molecule has 0 unspecified atom stereocenters. The van der Waals surface area contributed by atoms with E-state index in [0.717, 1.165) is 18.0 Å². The van der Waals surface area contributed by atoms with Crippen molar-refractivity contribution in [3.63, 3.8) is 0 Å². The van der Waals surface area contributed by atoms with Crippen LogP contribution in [0.2, 0.25) is 0 Å². The van der Waals surface area contributed by atoms with E-state index < -0.39 is 5.97 Å². The predicted molar refractivity (Wildman–Crippen MR) is 65.4 cm³/mol. The van der Waals surface area contributed by atoms with Gasteiger partial charge < -0.3 is 20.5 Å². The van der Waals surface area contributed by atoms with Crippen LogP contribution in [0.1, 0.15) is 12.8 Å². The summed E-state index contributed by atoms with van der Waals surface area (Å²) in [5, 5.41) is 8.62. The van der Waals surface area contributed by atoms with Crippen LogP contribution in [0, 0.1) is 0 Å². The lowest BCUT2D eigenvalue weighted by Crippen LogP contribution is -2.34. The van der Waals surface area contributed by atoms with E-state index >= 15 is 0 Å². The number of rotatable bonds is 4. The van der Waals surface area contributed by atoms with Gasteiger partial charge in [0.05, 0.1) is 12.2 Å². The van der Waals surface area contributed by atoms with Gasteiger partial charge in [0, 0.05) is 13.0 Å². The number of aliphatic carboxylic acids is 1. The lowest BCUT2D eigenvalue weighted by molar-refractivity contribution is -0.137. The average Bonchev–Trinajstić information content (AvgIpc) is 2.29. The van der Waals surface area contributed by atoms with Crippen molar-refractivity contribution < 1.29 is 14.6 Å². The normalized spacial score (nSPS) is 14.0. The van der Waals surface area contributed by atoms with Crippen LogP contribution >= 0.6 is 0 Å². The fraction of sp³-hybridized carbons (Fsp3) is 0.417. The third-order valence-corrected chi connectivity index (χ3v) is 2.78. The Balaban J connectivity index is 2.08. The van der Waals surface area contributed by atoms with Crippen LogP contribution in [0.3, 0.4) is 0 Å². The number of fused-ring (bicyclic) bond motifs is 1. The number of benzene rings is 1. The summed E-state index contributed by atoms with van der Waals surface area (Å²) in [5.41, 5.74) is 7.50. The van der Waals surface area contributed by atoms with Crippen LogP contribution in [-0.2, 0) is 4.79 Å². The summed E-state index contributed by atoms with van der Waals surface area (Å²) < 4.78 is 5.52. The summed E-state index contributed by atoms with van der Waals surface area (Å²) in [6, 6.07) is 5.57. The Morgan fingerprint density at radius 3 is 3.12 bits per heavy atom. The highest BCUT2D eigenvalue weighted by molar-refractivity contribution is 5.75. The van der Waals surface area contributed by atoms with Crippen LogP contribution in [0.5, 0.6) is 5.75 Å². The van der Waals surface area contributed by atoms with Gasteiger partial charge in [-0.1, -0.05) is 6.07 Å². The molecule has 0 saturated carbocycles. The molecule has 1 aromatic carbocycles. The highest BCUT2D eigenvalue weighted by Crippen LogP contribution is 2.36. The predicted octanol–water partition coefficient (Wildman–Crippen LogP) is 1.33. The molecule has 5 heteroatoms. The fourth-order valence-electron chi connectivity index (χ4n) is 2.02. The second-order valence-electron chi connectivity index (χ2n) is 4.03. The van der Waals surface area contributed by atoms with Gasteiger partial charge in [0.2, 0.25) is 0 Å². The molecule has 0 aliphatic carbocycles.